The zero-order valence-corrected chi connectivity index (χ0v) is 16.9. The van der Waals surface area contributed by atoms with E-state index in [1.165, 1.54) is 12.3 Å². The van der Waals surface area contributed by atoms with Crippen molar-refractivity contribution in [2.24, 2.45) is 5.92 Å². The highest BCUT2D eigenvalue weighted by Crippen LogP contribution is 2.30. The fourth-order valence-electron chi connectivity index (χ4n) is 3.22. The van der Waals surface area contributed by atoms with E-state index in [9.17, 15) is 4.39 Å². The molecule has 0 amide bonds. The Balaban J connectivity index is 1.72. The van der Waals surface area contributed by atoms with E-state index >= 15 is 0 Å². The Morgan fingerprint density at radius 2 is 2.07 bits per heavy atom. The number of nitrogen functional groups attached to an aromatic ring is 1. The third kappa shape index (κ3) is 5.59. The van der Waals surface area contributed by atoms with E-state index < -0.39 is 5.82 Å². The van der Waals surface area contributed by atoms with Crippen LogP contribution in [0.3, 0.4) is 0 Å². The van der Waals surface area contributed by atoms with Gasteiger partial charge in [-0.3, -0.25) is 0 Å². The summed E-state index contributed by atoms with van der Waals surface area (Å²) in [5.74, 6) is 7.05. The van der Waals surface area contributed by atoms with Gasteiger partial charge in [0.25, 0.3) is 0 Å². The lowest BCUT2D eigenvalue weighted by Crippen LogP contribution is -2.35. The van der Waals surface area contributed by atoms with Crippen LogP contribution < -0.4 is 15.8 Å². The lowest BCUT2D eigenvalue weighted by molar-refractivity contribution is 0.128. The van der Waals surface area contributed by atoms with Gasteiger partial charge in [0, 0.05) is 50.6 Å². The Labute approximate surface area is 171 Å². The van der Waals surface area contributed by atoms with Gasteiger partial charge in [-0.15, -0.1) is 0 Å². The zero-order valence-electron chi connectivity index (χ0n) is 16.9. The van der Waals surface area contributed by atoms with Gasteiger partial charge in [-0.1, -0.05) is 11.8 Å². The first-order valence-corrected chi connectivity index (χ1v) is 9.73. The van der Waals surface area contributed by atoms with Crippen LogP contribution in [0.4, 0.5) is 15.9 Å². The number of halogens is 1. The molecule has 1 aliphatic rings. The number of benzene rings is 1. The smallest absolute Gasteiger partial charge is 0.167 e. The Morgan fingerprint density at radius 3 is 2.76 bits per heavy atom. The minimum Gasteiger partial charge on any atom is -0.453 e. The molecule has 3 N–H and O–H groups in total. The van der Waals surface area contributed by atoms with Crippen LogP contribution in [0.25, 0.3) is 0 Å². The largest absolute Gasteiger partial charge is 0.453 e. The molecule has 154 valence electrons. The van der Waals surface area contributed by atoms with E-state index in [1.54, 1.807) is 32.4 Å². The minimum atomic E-state index is -0.463. The highest BCUT2D eigenvalue weighted by Gasteiger charge is 2.17. The van der Waals surface area contributed by atoms with Crippen molar-refractivity contribution in [3.05, 3.63) is 41.8 Å². The van der Waals surface area contributed by atoms with Gasteiger partial charge in [0.1, 0.15) is 17.1 Å². The molecule has 0 bridgehead atoms. The first kappa shape index (κ1) is 20.9. The van der Waals surface area contributed by atoms with E-state index in [1.807, 2.05) is 0 Å². The van der Waals surface area contributed by atoms with Gasteiger partial charge in [0.2, 0.25) is 0 Å². The molecule has 0 aliphatic carbocycles. The normalized spacial score (nSPS) is 14.9. The van der Waals surface area contributed by atoms with Gasteiger partial charge in [0.05, 0.1) is 6.61 Å². The van der Waals surface area contributed by atoms with Crippen molar-refractivity contribution in [2.75, 3.05) is 51.4 Å². The molecule has 1 aliphatic heterocycles. The third-order valence-electron chi connectivity index (χ3n) is 4.98. The number of ether oxygens (including phenoxy) is 2. The number of nitrogens with zero attached hydrogens (tertiary/aromatic N) is 2. The Morgan fingerprint density at radius 1 is 1.28 bits per heavy atom. The lowest BCUT2D eigenvalue weighted by atomic mass is 9.97. The molecule has 29 heavy (non-hydrogen) atoms. The minimum absolute atomic E-state index is 0.115. The Kier molecular flexibility index (Phi) is 7.28. The van der Waals surface area contributed by atoms with Gasteiger partial charge >= 0.3 is 0 Å². The number of aromatic nitrogens is 1. The number of hydrogen-bond donors (Lipinski definition) is 2. The van der Waals surface area contributed by atoms with Crippen molar-refractivity contribution >= 4 is 11.5 Å². The number of anilines is 2. The molecule has 3 rings (SSSR count). The molecule has 2 heterocycles. The van der Waals surface area contributed by atoms with Crippen LogP contribution in [0.5, 0.6) is 11.5 Å². The van der Waals surface area contributed by atoms with Crippen molar-refractivity contribution in [1.29, 1.82) is 0 Å². The van der Waals surface area contributed by atoms with Crippen molar-refractivity contribution in [3.8, 4) is 23.3 Å². The maximum Gasteiger partial charge on any atom is 0.167 e. The summed E-state index contributed by atoms with van der Waals surface area (Å²) in [5, 5.41) is 2.89. The number of likely N-dealkylation sites (tertiary alicyclic amines) is 1. The summed E-state index contributed by atoms with van der Waals surface area (Å²) in [6, 6.07) is 6.35. The molecule has 0 radical (unpaired) electrons. The standard InChI is InChI=1S/C22H27FN4O2/c1-25-17-4-6-21(19(23)15-17)29-20-7-10-26-22(24)18(20)5-3-16-8-11-27(12-9-16)13-14-28-2/h4,6-7,10,15-16,25H,8-9,11-14H2,1-2H3,(H2,24,26). The van der Waals surface area contributed by atoms with Crippen LogP contribution in [0.1, 0.15) is 18.4 Å². The van der Waals surface area contributed by atoms with Gasteiger partial charge in [-0.2, -0.15) is 0 Å². The second-order valence-corrected chi connectivity index (χ2v) is 6.94. The number of nitrogens with one attached hydrogen (secondary N) is 1. The summed E-state index contributed by atoms with van der Waals surface area (Å²) in [5.41, 5.74) is 7.19. The van der Waals surface area contributed by atoms with Gasteiger partial charge in [0.15, 0.2) is 11.6 Å². The van der Waals surface area contributed by atoms with Crippen LogP contribution in [-0.2, 0) is 4.74 Å². The molecule has 0 spiro atoms. The fraction of sp³-hybridized carbons (Fsp3) is 0.409. The second kappa shape index (κ2) is 10.1. The summed E-state index contributed by atoms with van der Waals surface area (Å²) in [4.78, 5) is 6.49. The van der Waals surface area contributed by atoms with Gasteiger partial charge in [-0.25, -0.2) is 9.37 Å². The van der Waals surface area contributed by atoms with Crippen LogP contribution in [0.2, 0.25) is 0 Å². The molecule has 0 saturated carbocycles. The molecule has 1 fully saturated rings. The Hall–Kier alpha value is -2.82. The predicted molar refractivity (Wildman–Crippen MR) is 113 cm³/mol. The molecular weight excluding hydrogens is 371 g/mol. The average molecular weight is 398 g/mol. The van der Waals surface area contributed by atoms with E-state index in [2.05, 4.69) is 27.0 Å². The highest BCUT2D eigenvalue weighted by molar-refractivity contribution is 5.59. The van der Waals surface area contributed by atoms with Crippen molar-refractivity contribution < 1.29 is 13.9 Å². The first-order chi connectivity index (χ1) is 14.1. The molecule has 1 saturated heterocycles. The van der Waals surface area contributed by atoms with E-state index in [4.69, 9.17) is 15.2 Å². The summed E-state index contributed by atoms with van der Waals surface area (Å²) in [7, 11) is 3.45. The van der Waals surface area contributed by atoms with Gasteiger partial charge in [-0.05, 0) is 38.1 Å². The molecule has 1 aromatic carbocycles. The number of pyridine rings is 1. The number of methoxy groups -OCH3 is 1. The molecule has 0 unspecified atom stereocenters. The maximum atomic E-state index is 14.3. The monoisotopic (exact) mass is 398 g/mol. The molecule has 7 heteroatoms. The maximum absolute atomic E-state index is 14.3. The van der Waals surface area contributed by atoms with Crippen LogP contribution in [0.15, 0.2) is 30.5 Å². The molecule has 0 atom stereocenters. The average Bonchev–Trinajstić information content (AvgIpc) is 2.74. The third-order valence-corrected chi connectivity index (χ3v) is 4.98. The van der Waals surface area contributed by atoms with Crippen LogP contribution in [0, 0.1) is 23.6 Å². The summed E-state index contributed by atoms with van der Waals surface area (Å²) >= 11 is 0. The first-order valence-electron chi connectivity index (χ1n) is 9.73. The SMILES string of the molecule is CNc1ccc(Oc2ccnc(N)c2C#CC2CCN(CCOC)CC2)c(F)c1. The van der Waals surface area contributed by atoms with Gasteiger partial charge < -0.3 is 25.4 Å². The topological polar surface area (TPSA) is 72.6 Å². The van der Waals surface area contributed by atoms with Crippen molar-refractivity contribution in [3.63, 3.8) is 0 Å². The zero-order chi connectivity index (χ0) is 20.6. The summed E-state index contributed by atoms with van der Waals surface area (Å²) in [6.07, 6.45) is 3.52. The predicted octanol–water partition coefficient (Wildman–Crippen LogP) is 3.35. The highest BCUT2D eigenvalue weighted by atomic mass is 19.1. The molecule has 1 aromatic heterocycles. The van der Waals surface area contributed by atoms with Crippen LogP contribution >= 0.6 is 0 Å². The van der Waals surface area contributed by atoms with Crippen LogP contribution in [-0.4, -0.2) is 50.3 Å². The van der Waals surface area contributed by atoms with E-state index in [0.717, 1.165) is 39.1 Å². The summed E-state index contributed by atoms with van der Waals surface area (Å²) < 4.78 is 25.2. The number of hydrogen-bond acceptors (Lipinski definition) is 6. The van der Waals surface area contributed by atoms with E-state index in [0.29, 0.717) is 17.0 Å². The number of rotatable bonds is 6. The van der Waals surface area contributed by atoms with Crippen molar-refractivity contribution in [1.82, 2.24) is 9.88 Å². The number of piperidine rings is 1. The summed E-state index contributed by atoms with van der Waals surface area (Å²) in [6.45, 7) is 3.69. The molecule has 6 nitrogen and oxygen atoms in total. The lowest BCUT2D eigenvalue weighted by Gasteiger charge is -2.29. The second-order valence-electron chi connectivity index (χ2n) is 6.94. The van der Waals surface area contributed by atoms with Crippen molar-refractivity contribution in [2.45, 2.75) is 12.8 Å². The Bertz CT molecular complexity index is 886. The quantitative estimate of drug-likeness (QED) is 0.727. The molecular formula is C22H27FN4O2. The van der Waals surface area contributed by atoms with E-state index in [-0.39, 0.29) is 17.5 Å². The number of nitrogens with two attached hydrogens (primary N) is 1. The fourth-order valence-corrected chi connectivity index (χ4v) is 3.22. The molecule has 2 aromatic rings.